The molecule has 0 fully saturated rings. The summed E-state index contributed by atoms with van der Waals surface area (Å²) >= 11 is 6.84. The Morgan fingerprint density at radius 2 is 1.89 bits per heavy atom. The molecule has 1 amide bonds. The Morgan fingerprint density at radius 1 is 1.33 bits per heavy atom. The third kappa shape index (κ3) is 2.96. The Balaban J connectivity index is 3.09. The van der Waals surface area contributed by atoms with E-state index < -0.39 is 0 Å². The largest absolute Gasteiger partial charge is 0.341 e. The van der Waals surface area contributed by atoms with Gasteiger partial charge in [0.05, 0.1) is 10.2 Å². The minimum Gasteiger partial charge on any atom is -0.341 e. The Morgan fingerprint density at radius 3 is 2.22 bits per heavy atom. The Bertz CT molecular complexity index is 427. The van der Waals surface area contributed by atoms with E-state index in [-0.39, 0.29) is 11.9 Å². The van der Waals surface area contributed by atoms with E-state index in [4.69, 9.17) is 0 Å². The van der Waals surface area contributed by atoms with Crippen molar-refractivity contribution in [2.24, 2.45) is 0 Å². The fourth-order valence-corrected chi connectivity index (χ4v) is 2.68. The van der Waals surface area contributed by atoms with Crippen LogP contribution in [0.25, 0.3) is 0 Å². The van der Waals surface area contributed by atoms with Gasteiger partial charge in [-0.25, -0.2) is 0 Å². The highest BCUT2D eigenvalue weighted by molar-refractivity contribution is 9.13. The highest BCUT2D eigenvalue weighted by Crippen LogP contribution is 2.29. The molecule has 1 atom stereocenters. The number of likely N-dealkylation sites (N-methyl/N-ethyl adjacent to an activating group) is 1. The number of rotatable bonds is 5. The van der Waals surface area contributed by atoms with E-state index >= 15 is 0 Å². The van der Waals surface area contributed by atoms with Crippen LogP contribution in [0.5, 0.6) is 0 Å². The van der Waals surface area contributed by atoms with Crippen LogP contribution in [0.3, 0.4) is 0 Å². The van der Waals surface area contributed by atoms with Crippen LogP contribution >= 0.6 is 31.9 Å². The molecule has 4 nitrogen and oxygen atoms in total. The zero-order valence-electron chi connectivity index (χ0n) is 11.2. The molecule has 0 aliphatic rings. The first-order valence-electron chi connectivity index (χ1n) is 6.16. The maximum Gasteiger partial charge on any atom is 0.247 e. The molecule has 0 bridgehead atoms. The summed E-state index contributed by atoms with van der Waals surface area (Å²) in [5.74, 6) is 0.133. The quantitative estimate of drug-likeness (QED) is 0.783. The van der Waals surface area contributed by atoms with E-state index in [0.29, 0.717) is 0 Å². The van der Waals surface area contributed by atoms with Crippen molar-refractivity contribution < 1.29 is 4.79 Å². The lowest BCUT2D eigenvalue weighted by molar-refractivity contribution is -0.134. The molecule has 1 aromatic heterocycles. The number of carbonyl (C=O) groups excluding carboxylic acids is 1. The summed E-state index contributed by atoms with van der Waals surface area (Å²) in [5.41, 5.74) is 0.967. The molecule has 1 unspecified atom stereocenters. The van der Waals surface area contributed by atoms with E-state index in [2.05, 4.69) is 37.0 Å². The van der Waals surface area contributed by atoms with Crippen LogP contribution in [0.2, 0.25) is 0 Å². The summed E-state index contributed by atoms with van der Waals surface area (Å²) in [6.45, 7) is 9.42. The van der Waals surface area contributed by atoms with Gasteiger partial charge in [-0.1, -0.05) is 6.92 Å². The lowest BCUT2D eigenvalue weighted by atomic mass is 10.2. The molecule has 0 saturated carbocycles. The van der Waals surface area contributed by atoms with Crippen molar-refractivity contribution in [3.8, 4) is 0 Å². The standard InChI is InChI=1S/C12H19Br2N3O/c1-5-9(12(18)16(6-2)7-3)17-8(4)10(13)11(14)15-17/h9H,5-7H2,1-4H3. The molecule has 1 aromatic rings. The normalized spacial score (nSPS) is 12.6. The van der Waals surface area contributed by atoms with Crippen molar-refractivity contribution in [1.29, 1.82) is 0 Å². The van der Waals surface area contributed by atoms with Crippen LogP contribution in [0.4, 0.5) is 0 Å². The van der Waals surface area contributed by atoms with Crippen LogP contribution in [0.1, 0.15) is 38.9 Å². The summed E-state index contributed by atoms with van der Waals surface area (Å²) in [7, 11) is 0. The Labute approximate surface area is 125 Å². The van der Waals surface area contributed by atoms with Crippen molar-refractivity contribution in [2.75, 3.05) is 13.1 Å². The minimum absolute atomic E-state index is 0.133. The van der Waals surface area contributed by atoms with Gasteiger partial charge in [-0.3, -0.25) is 9.48 Å². The van der Waals surface area contributed by atoms with Crippen LogP contribution in [0, 0.1) is 6.92 Å². The van der Waals surface area contributed by atoms with Gasteiger partial charge in [0, 0.05) is 13.1 Å². The Kier molecular flexibility index (Phi) is 5.85. The predicted octanol–water partition coefficient (Wildman–Crippen LogP) is 3.54. The van der Waals surface area contributed by atoms with Gasteiger partial charge < -0.3 is 4.90 Å². The second-order valence-electron chi connectivity index (χ2n) is 4.07. The van der Waals surface area contributed by atoms with Gasteiger partial charge in [-0.2, -0.15) is 5.10 Å². The molecule has 18 heavy (non-hydrogen) atoms. The smallest absolute Gasteiger partial charge is 0.247 e. The van der Waals surface area contributed by atoms with Gasteiger partial charge in [-0.15, -0.1) is 0 Å². The molecular weight excluding hydrogens is 362 g/mol. The maximum atomic E-state index is 12.4. The third-order valence-electron chi connectivity index (χ3n) is 3.08. The number of amides is 1. The SMILES string of the molecule is CCC(C(=O)N(CC)CC)n1nc(Br)c(Br)c1C. The van der Waals surface area contributed by atoms with Crippen molar-refractivity contribution in [1.82, 2.24) is 14.7 Å². The molecule has 0 aliphatic heterocycles. The summed E-state index contributed by atoms with van der Waals surface area (Å²) in [6, 6.07) is -0.229. The van der Waals surface area contributed by atoms with E-state index in [9.17, 15) is 4.79 Å². The molecule has 0 aliphatic carbocycles. The lowest BCUT2D eigenvalue weighted by Gasteiger charge is -2.25. The molecule has 0 N–H and O–H groups in total. The molecule has 102 valence electrons. The fraction of sp³-hybridized carbons (Fsp3) is 0.667. The summed E-state index contributed by atoms with van der Waals surface area (Å²) in [6.07, 6.45) is 0.733. The van der Waals surface area contributed by atoms with Gasteiger partial charge in [0.1, 0.15) is 10.6 Å². The van der Waals surface area contributed by atoms with Crippen LogP contribution < -0.4 is 0 Å². The van der Waals surface area contributed by atoms with Gasteiger partial charge in [0.25, 0.3) is 0 Å². The summed E-state index contributed by atoms with van der Waals surface area (Å²) < 4.78 is 3.45. The zero-order chi connectivity index (χ0) is 13.9. The zero-order valence-corrected chi connectivity index (χ0v) is 14.4. The fourth-order valence-electron chi connectivity index (χ4n) is 1.96. The molecule has 1 rings (SSSR count). The number of hydrogen-bond acceptors (Lipinski definition) is 2. The molecule has 0 saturated heterocycles. The monoisotopic (exact) mass is 379 g/mol. The first-order valence-corrected chi connectivity index (χ1v) is 7.75. The van der Waals surface area contributed by atoms with Crippen molar-refractivity contribution >= 4 is 37.8 Å². The summed E-state index contributed by atoms with van der Waals surface area (Å²) in [4.78, 5) is 14.3. The van der Waals surface area contributed by atoms with Crippen LogP contribution in [-0.4, -0.2) is 33.7 Å². The van der Waals surface area contributed by atoms with E-state index in [1.165, 1.54) is 0 Å². The lowest BCUT2D eigenvalue weighted by Crippen LogP contribution is -2.37. The average molecular weight is 381 g/mol. The molecular formula is C12H19Br2N3O. The highest BCUT2D eigenvalue weighted by Gasteiger charge is 2.26. The molecule has 6 heteroatoms. The van der Waals surface area contributed by atoms with Gasteiger partial charge in [0.2, 0.25) is 5.91 Å². The third-order valence-corrected chi connectivity index (χ3v) is 5.12. The molecule has 1 heterocycles. The molecule has 0 aromatic carbocycles. The van der Waals surface area contributed by atoms with E-state index in [1.807, 2.05) is 32.6 Å². The second kappa shape index (κ2) is 6.70. The van der Waals surface area contributed by atoms with Gasteiger partial charge in [0.15, 0.2) is 0 Å². The minimum atomic E-state index is -0.229. The number of aromatic nitrogens is 2. The molecule has 0 spiro atoms. The maximum absolute atomic E-state index is 12.4. The number of nitrogens with zero attached hydrogens (tertiary/aromatic N) is 3. The number of hydrogen-bond donors (Lipinski definition) is 0. The Hall–Kier alpha value is -0.360. The van der Waals surface area contributed by atoms with Crippen molar-refractivity contribution in [3.63, 3.8) is 0 Å². The topological polar surface area (TPSA) is 38.1 Å². The highest BCUT2D eigenvalue weighted by atomic mass is 79.9. The summed E-state index contributed by atoms with van der Waals surface area (Å²) in [5, 5.41) is 4.39. The van der Waals surface area contributed by atoms with Crippen LogP contribution in [-0.2, 0) is 4.79 Å². The van der Waals surface area contributed by atoms with E-state index in [0.717, 1.165) is 34.3 Å². The number of halogens is 2. The van der Waals surface area contributed by atoms with Gasteiger partial charge >= 0.3 is 0 Å². The predicted molar refractivity (Wildman–Crippen MR) is 79.6 cm³/mol. The van der Waals surface area contributed by atoms with Crippen molar-refractivity contribution in [3.05, 3.63) is 14.8 Å². The first-order chi connectivity index (χ1) is 8.47. The van der Waals surface area contributed by atoms with Crippen molar-refractivity contribution in [2.45, 2.75) is 40.2 Å². The van der Waals surface area contributed by atoms with Gasteiger partial charge in [-0.05, 0) is 59.1 Å². The molecule has 0 radical (unpaired) electrons. The first kappa shape index (κ1) is 15.7. The van der Waals surface area contributed by atoms with E-state index in [1.54, 1.807) is 4.68 Å². The van der Waals surface area contributed by atoms with Crippen LogP contribution in [0.15, 0.2) is 9.08 Å². The average Bonchev–Trinajstić information content (AvgIpc) is 2.60. The second-order valence-corrected chi connectivity index (χ2v) is 5.61. The number of carbonyl (C=O) groups is 1.